The van der Waals surface area contributed by atoms with Crippen LogP contribution < -0.4 is 21.5 Å². The molecule has 7 nitrogen and oxygen atoms in total. The maximum absolute atomic E-state index is 12.9. The highest BCUT2D eigenvalue weighted by molar-refractivity contribution is 7.80. The number of halogens is 3. The molecule has 1 aliphatic heterocycles. The molecule has 156 valence electrons. The van der Waals surface area contributed by atoms with Gasteiger partial charge < -0.3 is 26.0 Å². The molecular formula is C18H20F3N5O2S. The summed E-state index contributed by atoms with van der Waals surface area (Å²) in [5.41, 5.74) is -1.16. The van der Waals surface area contributed by atoms with Crippen molar-refractivity contribution >= 4 is 23.1 Å². The summed E-state index contributed by atoms with van der Waals surface area (Å²) in [4.78, 5) is 18.7. The van der Waals surface area contributed by atoms with E-state index in [0.29, 0.717) is 6.07 Å². The molecule has 11 heteroatoms. The fraction of sp³-hybridized carbons (Fsp3) is 0.389. The molecule has 3 rings (SSSR count). The van der Waals surface area contributed by atoms with Crippen molar-refractivity contribution < 1.29 is 18.3 Å². The molecule has 0 radical (unpaired) electrons. The van der Waals surface area contributed by atoms with Crippen LogP contribution in [0.2, 0.25) is 0 Å². The number of piperidine rings is 1. The zero-order valence-corrected chi connectivity index (χ0v) is 16.3. The van der Waals surface area contributed by atoms with Gasteiger partial charge in [0.05, 0.1) is 11.3 Å². The fourth-order valence-electron chi connectivity index (χ4n) is 3.19. The van der Waals surface area contributed by atoms with E-state index in [1.54, 1.807) is 0 Å². The van der Waals surface area contributed by atoms with Crippen LogP contribution in [0.25, 0.3) is 11.3 Å². The van der Waals surface area contributed by atoms with E-state index in [0.717, 1.165) is 32.0 Å². The highest BCUT2D eigenvalue weighted by atomic mass is 32.1. The van der Waals surface area contributed by atoms with Gasteiger partial charge in [-0.15, -0.1) is 0 Å². The van der Waals surface area contributed by atoms with Crippen LogP contribution in [0.15, 0.2) is 23.1 Å². The Kier molecular flexibility index (Phi) is 6.08. The van der Waals surface area contributed by atoms with E-state index < -0.39 is 23.0 Å². The molecule has 2 heterocycles. The number of hydrogen-bond donors (Lipinski definition) is 5. The molecule has 1 aromatic heterocycles. The van der Waals surface area contributed by atoms with Gasteiger partial charge in [-0.3, -0.25) is 4.79 Å². The van der Waals surface area contributed by atoms with Crippen LogP contribution in [0.3, 0.4) is 0 Å². The van der Waals surface area contributed by atoms with Gasteiger partial charge in [0.15, 0.2) is 10.9 Å². The first-order chi connectivity index (χ1) is 13.6. The Morgan fingerprint density at radius 2 is 2.14 bits per heavy atom. The van der Waals surface area contributed by atoms with Crippen molar-refractivity contribution in [2.75, 3.05) is 18.4 Å². The quantitative estimate of drug-likeness (QED) is 0.480. The lowest BCUT2D eigenvalue weighted by Gasteiger charge is -2.25. The predicted molar refractivity (Wildman–Crippen MR) is 107 cm³/mol. The highest BCUT2D eigenvalue weighted by Gasteiger charge is 2.32. The van der Waals surface area contributed by atoms with Crippen LogP contribution in [0.1, 0.15) is 24.0 Å². The molecule has 0 aliphatic carbocycles. The second-order valence-electron chi connectivity index (χ2n) is 6.79. The number of aryl methyl sites for hydroxylation is 1. The topological polar surface area (TPSA) is 102 Å². The lowest BCUT2D eigenvalue weighted by atomic mass is 10.0. The molecule has 29 heavy (non-hydrogen) atoms. The summed E-state index contributed by atoms with van der Waals surface area (Å²) in [6.07, 6.45) is -1.43. The van der Waals surface area contributed by atoms with Crippen LogP contribution in [-0.4, -0.2) is 39.3 Å². The normalized spacial score (nSPS) is 17.0. The summed E-state index contributed by atoms with van der Waals surface area (Å²) < 4.78 is 38.8. The molecule has 0 saturated carbocycles. The summed E-state index contributed by atoms with van der Waals surface area (Å²) in [6, 6.07) is 1.66. The van der Waals surface area contributed by atoms with Gasteiger partial charge in [0.2, 0.25) is 0 Å². The Bertz CT molecular complexity index is 948. The van der Waals surface area contributed by atoms with Crippen molar-refractivity contribution in [1.82, 2.24) is 20.6 Å². The summed E-state index contributed by atoms with van der Waals surface area (Å²) in [5, 5.41) is 19.4. The van der Waals surface area contributed by atoms with Crippen molar-refractivity contribution in [3.8, 4) is 17.0 Å². The average molecular weight is 427 g/mol. The number of benzene rings is 1. The zero-order chi connectivity index (χ0) is 21.2. The molecule has 1 aliphatic rings. The van der Waals surface area contributed by atoms with Crippen molar-refractivity contribution in [3.05, 3.63) is 39.8 Å². The zero-order valence-electron chi connectivity index (χ0n) is 15.5. The minimum absolute atomic E-state index is 0.0904. The number of aromatic amines is 1. The van der Waals surface area contributed by atoms with Crippen LogP contribution >= 0.6 is 12.2 Å². The molecule has 2 aromatic rings. The van der Waals surface area contributed by atoms with Gasteiger partial charge in [-0.05, 0) is 56.2 Å². The molecule has 1 fully saturated rings. The standard InChI is InChI=1S/C18H20F3N5O2S/c1-9-5-10(18(19,20)21)6-13(27)14(9)12-8-23-16(28)15(25-12)26-17(29)24-11-3-2-4-22-7-11/h5-6,8,11,22,27H,2-4,7H2,1H3,(H,23,28)(H2,24,25,26,29)/t11-/m1/s1. The van der Waals surface area contributed by atoms with Crippen LogP contribution in [0.5, 0.6) is 5.75 Å². The molecule has 0 amide bonds. The number of hydrogen-bond acceptors (Lipinski definition) is 5. The van der Waals surface area contributed by atoms with Gasteiger partial charge in [-0.2, -0.15) is 13.2 Å². The summed E-state index contributed by atoms with van der Waals surface area (Å²) >= 11 is 5.23. The Morgan fingerprint density at radius 1 is 1.38 bits per heavy atom. The smallest absolute Gasteiger partial charge is 0.416 e. The fourth-order valence-corrected chi connectivity index (χ4v) is 3.45. The summed E-state index contributed by atoms with van der Waals surface area (Å²) in [7, 11) is 0. The number of nitrogens with zero attached hydrogens (tertiary/aromatic N) is 1. The number of aromatic hydroxyl groups is 1. The van der Waals surface area contributed by atoms with Crippen molar-refractivity contribution in [2.24, 2.45) is 0 Å². The SMILES string of the molecule is Cc1cc(C(F)(F)F)cc(O)c1-c1c[nH]c(=O)c(NC(=S)N[C@@H]2CCCNC2)n1. The minimum atomic E-state index is -4.59. The van der Waals surface area contributed by atoms with Crippen molar-refractivity contribution in [1.29, 1.82) is 0 Å². The van der Waals surface area contributed by atoms with Gasteiger partial charge in [0.1, 0.15) is 5.75 Å². The summed E-state index contributed by atoms with van der Waals surface area (Å²) in [6.45, 7) is 3.11. The maximum Gasteiger partial charge on any atom is 0.416 e. The van der Waals surface area contributed by atoms with Gasteiger partial charge in [-0.25, -0.2) is 4.98 Å². The maximum atomic E-state index is 12.9. The Balaban J connectivity index is 1.85. The van der Waals surface area contributed by atoms with Gasteiger partial charge in [0, 0.05) is 24.3 Å². The first-order valence-electron chi connectivity index (χ1n) is 8.94. The van der Waals surface area contributed by atoms with Crippen molar-refractivity contribution in [2.45, 2.75) is 32.0 Å². The second-order valence-corrected chi connectivity index (χ2v) is 7.20. The Hall–Kier alpha value is -2.66. The third-order valence-corrected chi connectivity index (χ3v) is 4.77. The van der Waals surface area contributed by atoms with E-state index >= 15 is 0 Å². The second kappa shape index (κ2) is 8.37. The number of phenols is 1. The molecule has 0 unspecified atom stereocenters. The van der Waals surface area contributed by atoms with E-state index in [1.807, 2.05) is 0 Å². The van der Waals surface area contributed by atoms with E-state index in [4.69, 9.17) is 12.2 Å². The Labute approximate surface area is 169 Å². The van der Waals surface area contributed by atoms with Gasteiger partial charge in [0.25, 0.3) is 5.56 Å². The number of H-pyrrole nitrogens is 1. The first-order valence-corrected chi connectivity index (χ1v) is 9.35. The lowest BCUT2D eigenvalue weighted by molar-refractivity contribution is -0.137. The van der Waals surface area contributed by atoms with Crippen molar-refractivity contribution in [3.63, 3.8) is 0 Å². The molecule has 1 atom stereocenters. The number of nitrogens with one attached hydrogen (secondary N) is 4. The monoisotopic (exact) mass is 427 g/mol. The number of anilines is 1. The number of aromatic nitrogens is 2. The number of alkyl halides is 3. The minimum Gasteiger partial charge on any atom is -0.507 e. The Morgan fingerprint density at radius 3 is 2.76 bits per heavy atom. The average Bonchev–Trinajstić information content (AvgIpc) is 2.63. The van der Waals surface area contributed by atoms with Crippen LogP contribution in [0, 0.1) is 6.92 Å². The predicted octanol–water partition coefficient (Wildman–Crippen LogP) is 2.51. The number of phenolic OH excluding ortho intramolecular Hbond substituents is 1. The van der Waals surface area contributed by atoms with E-state index in [9.17, 15) is 23.1 Å². The first kappa shape index (κ1) is 21.1. The molecule has 0 bridgehead atoms. The molecule has 1 aromatic carbocycles. The van der Waals surface area contributed by atoms with Crippen LogP contribution in [-0.2, 0) is 6.18 Å². The number of thiocarbonyl (C=S) groups is 1. The highest BCUT2D eigenvalue weighted by Crippen LogP contribution is 2.38. The molecule has 5 N–H and O–H groups in total. The van der Waals surface area contributed by atoms with E-state index in [2.05, 4.69) is 25.9 Å². The van der Waals surface area contributed by atoms with E-state index in [1.165, 1.54) is 13.1 Å². The van der Waals surface area contributed by atoms with Gasteiger partial charge in [-0.1, -0.05) is 0 Å². The van der Waals surface area contributed by atoms with E-state index in [-0.39, 0.29) is 33.8 Å². The molecular weight excluding hydrogens is 407 g/mol. The van der Waals surface area contributed by atoms with Gasteiger partial charge >= 0.3 is 6.18 Å². The third-order valence-electron chi connectivity index (χ3n) is 4.55. The molecule has 1 saturated heterocycles. The largest absolute Gasteiger partial charge is 0.507 e. The number of rotatable bonds is 3. The molecule has 0 spiro atoms. The van der Waals surface area contributed by atoms with Crippen LogP contribution in [0.4, 0.5) is 19.0 Å². The third kappa shape index (κ3) is 5.04. The summed E-state index contributed by atoms with van der Waals surface area (Å²) in [5.74, 6) is -0.709. The lowest BCUT2D eigenvalue weighted by Crippen LogP contribution is -2.47.